The first kappa shape index (κ1) is 12.7. The summed E-state index contributed by atoms with van der Waals surface area (Å²) in [5, 5.41) is 2.38. The van der Waals surface area contributed by atoms with Crippen molar-refractivity contribution in [3.63, 3.8) is 0 Å². The summed E-state index contributed by atoms with van der Waals surface area (Å²) < 4.78 is 0. The van der Waals surface area contributed by atoms with E-state index in [4.69, 9.17) is 0 Å². The maximum atomic E-state index is 11.6. The molecule has 0 fully saturated rings. The molecule has 0 aromatic heterocycles. The molecule has 4 heteroatoms. The van der Waals surface area contributed by atoms with Crippen molar-refractivity contribution in [2.24, 2.45) is 0 Å². The van der Waals surface area contributed by atoms with Crippen LogP contribution in [0.25, 0.3) is 6.08 Å². The molecule has 1 aromatic rings. The molecule has 0 aliphatic heterocycles. The van der Waals surface area contributed by atoms with E-state index in [0.717, 1.165) is 23.8 Å². The third-order valence-electron chi connectivity index (χ3n) is 2.44. The number of allylic oxidation sites excluding steroid dienone is 3. The van der Waals surface area contributed by atoms with Gasteiger partial charge in [0.25, 0.3) is 0 Å². The maximum absolute atomic E-state index is 11.6. The lowest BCUT2D eigenvalue weighted by Gasteiger charge is -2.06. The summed E-state index contributed by atoms with van der Waals surface area (Å²) in [4.78, 5) is 34.1. The second-order valence-electron chi connectivity index (χ2n) is 3.89. The molecule has 0 heterocycles. The van der Waals surface area contributed by atoms with Crippen LogP contribution in [-0.2, 0) is 14.4 Å². The van der Waals surface area contributed by atoms with Gasteiger partial charge in [-0.05, 0) is 23.8 Å². The quantitative estimate of drug-likeness (QED) is 0.654. The number of hydrogen-bond acceptors (Lipinski definition) is 3. The average molecular weight is 253 g/mol. The standard InChI is InChI=1S/C15H11NO3/c17-12-7-8-14(18)13(10-12)16-15(19)9-6-11-4-2-1-3-5-11/h1-10H,(H,16,19)/b9-6+. The van der Waals surface area contributed by atoms with Gasteiger partial charge in [0, 0.05) is 12.2 Å². The number of hydrogen-bond donors (Lipinski definition) is 1. The van der Waals surface area contributed by atoms with Gasteiger partial charge in [-0.15, -0.1) is 0 Å². The van der Waals surface area contributed by atoms with Crippen LogP contribution >= 0.6 is 0 Å². The highest BCUT2D eigenvalue weighted by molar-refractivity contribution is 6.18. The third kappa shape index (κ3) is 3.61. The minimum absolute atomic E-state index is 0.00443. The van der Waals surface area contributed by atoms with Crippen LogP contribution in [0.3, 0.4) is 0 Å². The fraction of sp³-hybridized carbons (Fsp3) is 0. The predicted molar refractivity (Wildman–Crippen MR) is 70.9 cm³/mol. The fourth-order valence-electron chi connectivity index (χ4n) is 1.52. The summed E-state index contributed by atoms with van der Waals surface area (Å²) in [5.74, 6) is -1.16. The van der Waals surface area contributed by atoms with Gasteiger partial charge in [-0.2, -0.15) is 0 Å². The van der Waals surface area contributed by atoms with E-state index in [0.29, 0.717) is 0 Å². The first-order chi connectivity index (χ1) is 9.15. The van der Waals surface area contributed by atoms with Crippen molar-refractivity contribution in [3.8, 4) is 0 Å². The van der Waals surface area contributed by atoms with Crippen molar-refractivity contribution in [1.29, 1.82) is 0 Å². The van der Waals surface area contributed by atoms with Crippen molar-refractivity contribution < 1.29 is 14.4 Å². The summed E-state index contributed by atoms with van der Waals surface area (Å²) in [6, 6.07) is 9.28. The van der Waals surface area contributed by atoms with E-state index in [-0.39, 0.29) is 17.3 Å². The van der Waals surface area contributed by atoms with Gasteiger partial charge in [0.15, 0.2) is 5.78 Å². The maximum Gasteiger partial charge on any atom is 0.248 e. The molecule has 1 amide bonds. The number of nitrogens with one attached hydrogen (secondary N) is 1. The number of carbonyl (C=O) groups is 3. The molecule has 0 unspecified atom stereocenters. The molecule has 0 spiro atoms. The number of ketones is 2. The Bertz CT molecular complexity index is 610. The van der Waals surface area contributed by atoms with Gasteiger partial charge in [-0.25, -0.2) is 0 Å². The number of rotatable bonds is 3. The molecular formula is C15H11NO3. The normalized spacial score (nSPS) is 14.6. The second kappa shape index (κ2) is 5.73. The number of carbonyl (C=O) groups excluding carboxylic acids is 3. The molecule has 0 saturated carbocycles. The number of amides is 1. The lowest BCUT2D eigenvalue weighted by molar-refractivity contribution is -0.118. The van der Waals surface area contributed by atoms with Crippen LogP contribution in [0.2, 0.25) is 0 Å². The lowest BCUT2D eigenvalue weighted by Crippen LogP contribution is -2.27. The molecule has 94 valence electrons. The van der Waals surface area contributed by atoms with Crippen LogP contribution in [0.4, 0.5) is 0 Å². The zero-order valence-corrected chi connectivity index (χ0v) is 10.00. The smallest absolute Gasteiger partial charge is 0.248 e. The lowest BCUT2D eigenvalue weighted by atomic mass is 10.1. The van der Waals surface area contributed by atoms with Gasteiger partial charge in [0.2, 0.25) is 11.7 Å². The molecular weight excluding hydrogens is 242 g/mol. The van der Waals surface area contributed by atoms with Crippen molar-refractivity contribution in [1.82, 2.24) is 5.32 Å². The van der Waals surface area contributed by atoms with E-state index >= 15 is 0 Å². The van der Waals surface area contributed by atoms with Crippen molar-refractivity contribution in [3.05, 3.63) is 65.9 Å². The summed E-state index contributed by atoms with van der Waals surface area (Å²) in [7, 11) is 0. The van der Waals surface area contributed by atoms with Crippen molar-refractivity contribution in [2.75, 3.05) is 0 Å². The minimum atomic E-state index is -0.452. The van der Waals surface area contributed by atoms with E-state index in [1.54, 1.807) is 6.08 Å². The highest BCUT2D eigenvalue weighted by atomic mass is 16.2. The van der Waals surface area contributed by atoms with Crippen LogP contribution in [0.1, 0.15) is 5.56 Å². The Morgan fingerprint density at radius 2 is 1.79 bits per heavy atom. The minimum Gasteiger partial charge on any atom is -0.319 e. The third-order valence-corrected chi connectivity index (χ3v) is 2.44. The highest BCUT2D eigenvalue weighted by Gasteiger charge is 2.14. The van der Waals surface area contributed by atoms with E-state index in [2.05, 4.69) is 5.32 Å². The van der Waals surface area contributed by atoms with Crippen molar-refractivity contribution in [2.45, 2.75) is 0 Å². The molecule has 4 nitrogen and oxygen atoms in total. The summed E-state index contributed by atoms with van der Waals surface area (Å²) in [6.07, 6.45) is 6.35. The molecule has 0 atom stereocenters. The zero-order valence-electron chi connectivity index (χ0n) is 10.00. The topological polar surface area (TPSA) is 63.2 Å². The zero-order chi connectivity index (χ0) is 13.7. The van der Waals surface area contributed by atoms with Crippen LogP contribution < -0.4 is 5.32 Å². The second-order valence-corrected chi connectivity index (χ2v) is 3.89. The molecule has 1 aromatic carbocycles. The molecule has 0 saturated heterocycles. The summed E-state index contributed by atoms with van der Waals surface area (Å²) in [6.45, 7) is 0. The van der Waals surface area contributed by atoms with E-state index in [1.807, 2.05) is 30.3 Å². The van der Waals surface area contributed by atoms with Crippen LogP contribution in [0.5, 0.6) is 0 Å². The largest absolute Gasteiger partial charge is 0.319 e. The van der Waals surface area contributed by atoms with E-state index in [1.165, 1.54) is 6.08 Å². The highest BCUT2D eigenvalue weighted by Crippen LogP contribution is 2.03. The Kier molecular flexibility index (Phi) is 3.83. The first-order valence-electron chi connectivity index (χ1n) is 5.67. The predicted octanol–water partition coefficient (Wildman–Crippen LogP) is 1.41. The van der Waals surface area contributed by atoms with Crippen LogP contribution in [0, 0.1) is 0 Å². The fourth-order valence-corrected chi connectivity index (χ4v) is 1.52. The van der Waals surface area contributed by atoms with E-state index in [9.17, 15) is 14.4 Å². The van der Waals surface area contributed by atoms with Crippen molar-refractivity contribution >= 4 is 23.5 Å². The molecule has 1 N–H and O–H groups in total. The van der Waals surface area contributed by atoms with Gasteiger partial charge in [-0.1, -0.05) is 30.3 Å². The molecule has 0 bridgehead atoms. The molecule has 19 heavy (non-hydrogen) atoms. The van der Waals surface area contributed by atoms with Crippen LogP contribution in [0.15, 0.2) is 60.3 Å². The van der Waals surface area contributed by atoms with Crippen LogP contribution in [-0.4, -0.2) is 17.5 Å². The Morgan fingerprint density at radius 1 is 1.05 bits per heavy atom. The van der Waals surface area contributed by atoms with Gasteiger partial charge in [-0.3, -0.25) is 14.4 Å². The summed E-state index contributed by atoms with van der Waals surface area (Å²) >= 11 is 0. The Labute approximate surface area is 110 Å². The Morgan fingerprint density at radius 3 is 2.53 bits per heavy atom. The van der Waals surface area contributed by atoms with Gasteiger partial charge in [0.05, 0.1) is 5.70 Å². The first-order valence-corrected chi connectivity index (χ1v) is 5.67. The SMILES string of the molecule is O=C1C=CC(=O)C(NC(=O)/C=C/c2ccccc2)=C1. The molecule has 2 rings (SSSR count). The van der Waals surface area contributed by atoms with Gasteiger partial charge >= 0.3 is 0 Å². The molecule has 1 aliphatic carbocycles. The van der Waals surface area contributed by atoms with Gasteiger partial charge in [0.1, 0.15) is 0 Å². The monoisotopic (exact) mass is 253 g/mol. The van der Waals surface area contributed by atoms with E-state index < -0.39 is 5.91 Å². The van der Waals surface area contributed by atoms with Gasteiger partial charge < -0.3 is 5.32 Å². The average Bonchev–Trinajstić information content (AvgIpc) is 2.42. The Balaban J connectivity index is 2.01. The summed E-state index contributed by atoms with van der Waals surface area (Å²) in [5.41, 5.74) is 0.868. The molecule has 1 aliphatic rings. The molecule has 0 radical (unpaired) electrons. The Hall–Kier alpha value is -2.75. The number of benzene rings is 1.